The molecule has 0 radical (unpaired) electrons. The third kappa shape index (κ3) is 1.16. The van der Waals surface area contributed by atoms with Gasteiger partial charge in [0.2, 0.25) is 0 Å². The Kier molecular flexibility index (Phi) is 1.83. The topological polar surface area (TPSA) is 33.1 Å². The largest absolute Gasteiger partial charge is 0.512 e. The van der Waals surface area contributed by atoms with E-state index in [0.717, 1.165) is 26.9 Å². The minimum Gasteiger partial charge on any atom is -0.512 e. The van der Waals surface area contributed by atoms with Gasteiger partial charge in [-0.05, 0) is 29.8 Å². The van der Waals surface area contributed by atoms with Gasteiger partial charge in [0.25, 0.3) is 0 Å². The molecule has 3 rings (SSSR count). The summed E-state index contributed by atoms with van der Waals surface area (Å²) in [4.78, 5) is 4.37. The highest BCUT2D eigenvalue weighted by molar-refractivity contribution is 6.08. The molecule has 3 aromatic rings. The van der Waals surface area contributed by atoms with E-state index in [-0.39, 0.29) is 0 Å². The van der Waals surface area contributed by atoms with Crippen LogP contribution in [0.1, 0.15) is 6.92 Å². The molecule has 0 bridgehead atoms. The highest BCUT2D eigenvalue weighted by atomic mass is 16.3. The summed E-state index contributed by atoms with van der Waals surface area (Å²) in [7, 11) is 0. The third-order valence-electron chi connectivity index (χ3n) is 2.90. The van der Waals surface area contributed by atoms with Crippen LogP contribution in [0.4, 0.5) is 0 Å². The molecule has 0 fully saturated rings. The third-order valence-corrected chi connectivity index (χ3v) is 2.90. The molecule has 0 saturated heterocycles. The summed E-state index contributed by atoms with van der Waals surface area (Å²) in [6, 6.07) is 12.1. The molecule has 0 aliphatic heterocycles. The maximum Gasteiger partial charge on any atom is 0.0985 e. The van der Waals surface area contributed by atoms with Crippen molar-refractivity contribution in [1.29, 1.82) is 0 Å². The molecule has 16 heavy (non-hydrogen) atoms. The van der Waals surface area contributed by atoms with Crippen molar-refractivity contribution in [2.45, 2.75) is 6.92 Å². The van der Waals surface area contributed by atoms with Crippen LogP contribution in [0.5, 0.6) is 0 Å². The van der Waals surface area contributed by atoms with Crippen LogP contribution in [0.25, 0.3) is 27.4 Å². The normalized spacial score (nSPS) is 13.3. The van der Waals surface area contributed by atoms with E-state index in [9.17, 15) is 5.11 Å². The summed E-state index contributed by atoms with van der Waals surface area (Å²) in [5.74, 6) is 0.311. The van der Waals surface area contributed by atoms with E-state index < -0.39 is 0 Å². The summed E-state index contributed by atoms with van der Waals surface area (Å²) in [5, 5.41) is 13.9. The average Bonchev–Trinajstić information content (AvgIpc) is 2.30. The zero-order valence-corrected chi connectivity index (χ0v) is 8.94. The summed E-state index contributed by atoms with van der Waals surface area (Å²) >= 11 is 0. The van der Waals surface area contributed by atoms with Crippen molar-refractivity contribution in [1.82, 2.24) is 4.98 Å². The zero-order chi connectivity index (χ0) is 11.1. The van der Waals surface area contributed by atoms with E-state index in [2.05, 4.69) is 17.1 Å². The SMILES string of the molecule is C/C(O)=c1\ccc2cccc3ccnc1c32. The van der Waals surface area contributed by atoms with Crippen LogP contribution in [0.15, 0.2) is 42.6 Å². The Hall–Kier alpha value is -2.09. The minimum atomic E-state index is 0.311. The first-order chi connectivity index (χ1) is 7.77. The molecule has 78 valence electrons. The molecule has 0 amide bonds. The number of aromatic nitrogens is 1. The van der Waals surface area contributed by atoms with Crippen molar-refractivity contribution in [2.24, 2.45) is 0 Å². The molecule has 0 aliphatic rings. The molecule has 0 spiro atoms. The van der Waals surface area contributed by atoms with Crippen LogP contribution in [-0.4, -0.2) is 10.1 Å². The first-order valence-electron chi connectivity index (χ1n) is 5.23. The van der Waals surface area contributed by atoms with Gasteiger partial charge in [-0.2, -0.15) is 0 Å². The van der Waals surface area contributed by atoms with E-state index >= 15 is 0 Å². The van der Waals surface area contributed by atoms with E-state index in [1.54, 1.807) is 13.1 Å². The molecule has 2 nitrogen and oxygen atoms in total. The van der Waals surface area contributed by atoms with Gasteiger partial charge in [0.15, 0.2) is 0 Å². The van der Waals surface area contributed by atoms with Crippen molar-refractivity contribution in [3.8, 4) is 0 Å². The predicted octanol–water partition coefficient (Wildman–Crippen LogP) is 2.79. The number of hydrogen-bond acceptors (Lipinski definition) is 2. The number of rotatable bonds is 0. The molecular formula is C14H11NO. The Balaban J connectivity index is 2.72. The van der Waals surface area contributed by atoms with Crippen molar-refractivity contribution in [2.75, 3.05) is 0 Å². The molecular weight excluding hydrogens is 198 g/mol. The number of hydrogen-bond donors (Lipinski definition) is 1. The Labute approximate surface area is 92.8 Å². The van der Waals surface area contributed by atoms with E-state index in [1.165, 1.54) is 0 Å². The molecule has 0 unspecified atom stereocenters. The van der Waals surface area contributed by atoms with Gasteiger partial charge < -0.3 is 5.11 Å². The van der Waals surface area contributed by atoms with Crippen molar-refractivity contribution in [3.05, 3.63) is 47.8 Å². The fraction of sp³-hybridized carbons (Fsp3) is 0.0714. The second-order valence-corrected chi connectivity index (χ2v) is 3.94. The Morgan fingerprint density at radius 1 is 1.06 bits per heavy atom. The quantitative estimate of drug-likeness (QED) is 0.617. The van der Waals surface area contributed by atoms with Gasteiger partial charge in [0.05, 0.1) is 11.3 Å². The van der Waals surface area contributed by atoms with Gasteiger partial charge in [-0.25, -0.2) is 0 Å². The molecule has 0 atom stereocenters. The summed E-state index contributed by atoms with van der Waals surface area (Å²) in [6.45, 7) is 1.69. The zero-order valence-electron chi connectivity index (χ0n) is 8.94. The van der Waals surface area contributed by atoms with Gasteiger partial charge in [0.1, 0.15) is 0 Å². The summed E-state index contributed by atoms with van der Waals surface area (Å²) < 4.78 is 0. The van der Waals surface area contributed by atoms with Gasteiger partial charge in [0, 0.05) is 16.8 Å². The molecule has 0 saturated carbocycles. The number of aliphatic hydroxyl groups is 1. The highest BCUT2D eigenvalue weighted by Gasteiger charge is 2.04. The standard InChI is InChI=1S/C14H11NO/c1-9(16)12-6-5-10-3-2-4-11-7-8-15-14(12)13(10)11/h2-8,16H,1H3/b12-9-. The second kappa shape index (κ2) is 3.20. The lowest BCUT2D eigenvalue weighted by Gasteiger charge is -2.05. The van der Waals surface area contributed by atoms with Crippen LogP contribution < -0.4 is 5.22 Å². The lowest BCUT2D eigenvalue weighted by Crippen LogP contribution is -2.07. The summed E-state index contributed by atoms with van der Waals surface area (Å²) in [5.41, 5.74) is 0.871. The molecule has 1 aromatic heterocycles. The average molecular weight is 209 g/mol. The minimum absolute atomic E-state index is 0.311. The first kappa shape index (κ1) is 9.16. The molecule has 0 aliphatic carbocycles. The smallest absolute Gasteiger partial charge is 0.0985 e. The van der Waals surface area contributed by atoms with Crippen LogP contribution in [0.2, 0.25) is 0 Å². The number of aliphatic hydroxyl groups excluding tert-OH is 1. The lowest BCUT2D eigenvalue weighted by atomic mass is 10.0. The van der Waals surface area contributed by atoms with Crippen molar-refractivity contribution >= 4 is 27.4 Å². The van der Waals surface area contributed by atoms with Gasteiger partial charge in [-0.3, -0.25) is 4.98 Å². The van der Waals surface area contributed by atoms with Crippen molar-refractivity contribution < 1.29 is 5.11 Å². The van der Waals surface area contributed by atoms with Crippen LogP contribution in [0.3, 0.4) is 0 Å². The second-order valence-electron chi connectivity index (χ2n) is 3.94. The Morgan fingerprint density at radius 3 is 2.56 bits per heavy atom. The number of nitrogens with zero attached hydrogens (tertiary/aromatic N) is 1. The fourth-order valence-corrected chi connectivity index (χ4v) is 2.14. The van der Waals surface area contributed by atoms with Gasteiger partial charge >= 0.3 is 0 Å². The molecule has 2 aromatic carbocycles. The van der Waals surface area contributed by atoms with Gasteiger partial charge in [-0.15, -0.1) is 0 Å². The summed E-state index contributed by atoms with van der Waals surface area (Å²) in [6.07, 6.45) is 1.78. The predicted molar refractivity (Wildman–Crippen MR) is 66.2 cm³/mol. The van der Waals surface area contributed by atoms with Crippen LogP contribution >= 0.6 is 0 Å². The number of pyridine rings is 1. The number of benzene rings is 2. The lowest BCUT2D eigenvalue weighted by molar-refractivity contribution is 0.499. The first-order valence-corrected chi connectivity index (χ1v) is 5.23. The van der Waals surface area contributed by atoms with E-state index in [4.69, 9.17) is 0 Å². The monoisotopic (exact) mass is 209 g/mol. The molecule has 1 heterocycles. The van der Waals surface area contributed by atoms with Crippen LogP contribution in [0, 0.1) is 0 Å². The fourth-order valence-electron chi connectivity index (χ4n) is 2.14. The van der Waals surface area contributed by atoms with Gasteiger partial charge in [-0.1, -0.05) is 24.3 Å². The molecule has 1 N–H and O–H groups in total. The maximum atomic E-state index is 9.64. The molecule has 2 heteroatoms. The Bertz CT molecular complexity index is 704. The van der Waals surface area contributed by atoms with Crippen LogP contribution in [-0.2, 0) is 0 Å². The Morgan fingerprint density at radius 2 is 1.81 bits per heavy atom. The highest BCUT2D eigenvalue weighted by Crippen LogP contribution is 2.22. The van der Waals surface area contributed by atoms with Crippen molar-refractivity contribution in [3.63, 3.8) is 0 Å². The maximum absolute atomic E-state index is 9.64. The van der Waals surface area contributed by atoms with E-state index in [1.807, 2.05) is 24.3 Å². The van der Waals surface area contributed by atoms with E-state index in [0.29, 0.717) is 5.76 Å².